The molecule has 0 spiro atoms. The third-order valence-corrected chi connectivity index (χ3v) is 5.30. The fraction of sp³-hybridized carbons (Fsp3) is 0.480. The highest BCUT2D eigenvalue weighted by Gasteiger charge is 2.38. The van der Waals surface area contributed by atoms with Gasteiger partial charge in [-0.05, 0) is 52.7 Å². The fourth-order valence-electron chi connectivity index (χ4n) is 3.67. The first-order valence-corrected chi connectivity index (χ1v) is 11.4. The van der Waals surface area contributed by atoms with Crippen LogP contribution in [0.3, 0.4) is 0 Å². The number of esters is 3. The molecule has 0 amide bonds. The molecule has 34 heavy (non-hydrogen) atoms. The van der Waals surface area contributed by atoms with E-state index < -0.39 is 29.4 Å². The smallest absolute Gasteiger partial charge is 0.336 e. The lowest BCUT2D eigenvalue weighted by molar-refractivity contribution is -0.159. The molecule has 1 aromatic carbocycles. The summed E-state index contributed by atoms with van der Waals surface area (Å²) in [4.78, 5) is 37.8. The van der Waals surface area contributed by atoms with Crippen LogP contribution < -0.4 is 5.32 Å². The van der Waals surface area contributed by atoms with Crippen molar-refractivity contribution < 1.29 is 33.3 Å². The van der Waals surface area contributed by atoms with Crippen LogP contribution in [-0.4, -0.2) is 50.4 Å². The van der Waals surface area contributed by atoms with Gasteiger partial charge < -0.3 is 24.3 Å². The molecule has 9 heteroatoms. The van der Waals surface area contributed by atoms with E-state index in [1.165, 1.54) is 7.11 Å². The molecule has 1 atom stereocenters. The second-order valence-electron chi connectivity index (χ2n) is 8.70. The molecule has 1 N–H and O–H groups in total. The van der Waals surface area contributed by atoms with Gasteiger partial charge in [-0.2, -0.15) is 0 Å². The molecule has 2 rings (SSSR count). The average Bonchev–Trinajstić information content (AvgIpc) is 2.73. The number of methoxy groups -OCH3 is 1. The summed E-state index contributed by atoms with van der Waals surface area (Å²) in [5.74, 6) is -2.40. The molecule has 0 aromatic heterocycles. The summed E-state index contributed by atoms with van der Waals surface area (Å²) in [6.45, 7) is 8.42. The van der Waals surface area contributed by atoms with Crippen molar-refractivity contribution in [1.29, 1.82) is 0 Å². The van der Waals surface area contributed by atoms with Crippen molar-refractivity contribution in [3.63, 3.8) is 0 Å². The Morgan fingerprint density at radius 3 is 2.35 bits per heavy atom. The summed E-state index contributed by atoms with van der Waals surface area (Å²) in [6, 6.07) is 7.20. The maximum Gasteiger partial charge on any atom is 0.336 e. The van der Waals surface area contributed by atoms with Crippen LogP contribution in [0.25, 0.3) is 0 Å². The van der Waals surface area contributed by atoms with Crippen molar-refractivity contribution in [2.75, 3.05) is 26.9 Å². The van der Waals surface area contributed by atoms with Crippen LogP contribution in [0.5, 0.6) is 0 Å². The number of carbonyl (C=O) groups is 3. The number of hydrogen-bond acceptors (Lipinski definition) is 8. The lowest BCUT2D eigenvalue weighted by atomic mass is 9.81. The highest BCUT2D eigenvalue weighted by atomic mass is 35.5. The molecule has 8 nitrogen and oxygen atoms in total. The van der Waals surface area contributed by atoms with Crippen molar-refractivity contribution in [2.24, 2.45) is 5.92 Å². The number of rotatable bonds is 9. The van der Waals surface area contributed by atoms with Gasteiger partial charge in [-0.15, -0.1) is 0 Å². The van der Waals surface area contributed by atoms with Gasteiger partial charge in [0.25, 0.3) is 0 Å². The number of allylic oxidation sites excluding steroid dienone is 1. The van der Waals surface area contributed by atoms with Gasteiger partial charge in [0.15, 0.2) is 0 Å². The highest BCUT2D eigenvalue weighted by Crippen LogP contribution is 2.35. The summed E-state index contributed by atoms with van der Waals surface area (Å²) in [5.41, 5.74) is 1.52. The Labute approximate surface area is 205 Å². The lowest BCUT2D eigenvalue weighted by Gasteiger charge is -2.31. The number of benzene rings is 1. The van der Waals surface area contributed by atoms with Gasteiger partial charge >= 0.3 is 17.9 Å². The predicted molar refractivity (Wildman–Crippen MR) is 127 cm³/mol. The lowest BCUT2D eigenvalue weighted by Crippen LogP contribution is -2.37. The molecule has 0 saturated heterocycles. The molecule has 1 heterocycles. The van der Waals surface area contributed by atoms with Crippen molar-refractivity contribution in [3.8, 4) is 0 Å². The number of ether oxygens (including phenoxy) is 4. The number of hydrogen-bond donors (Lipinski definition) is 1. The molecule has 1 aliphatic rings. The zero-order valence-corrected chi connectivity index (χ0v) is 21.2. The Bertz CT molecular complexity index is 991. The summed E-state index contributed by atoms with van der Waals surface area (Å²) >= 11 is 6.38. The van der Waals surface area contributed by atoms with E-state index in [0.717, 1.165) is 5.56 Å². The Kier molecular flexibility index (Phi) is 9.70. The van der Waals surface area contributed by atoms with Gasteiger partial charge in [-0.1, -0.05) is 29.8 Å². The summed E-state index contributed by atoms with van der Waals surface area (Å²) < 4.78 is 21.1. The van der Waals surface area contributed by atoms with Gasteiger partial charge in [-0.3, -0.25) is 0 Å². The van der Waals surface area contributed by atoms with E-state index >= 15 is 0 Å². The Hall–Kier alpha value is -2.84. The minimum absolute atomic E-state index is 0.0990. The number of nitrogens with one attached hydrogen (secondary N) is 1. The maximum atomic E-state index is 13.1. The molecule has 0 bridgehead atoms. The molecule has 1 unspecified atom stereocenters. The van der Waals surface area contributed by atoms with Crippen LogP contribution in [0.1, 0.15) is 40.2 Å². The first-order chi connectivity index (χ1) is 16.0. The van der Waals surface area contributed by atoms with Crippen LogP contribution in [-0.2, 0) is 39.8 Å². The van der Waals surface area contributed by atoms with Gasteiger partial charge in [0.1, 0.15) is 12.2 Å². The molecule has 186 valence electrons. The van der Waals surface area contributed by atoms with E-state index in [4.69, 9.17) is 30.5 Å². The van der Waals surface area contributed by atoms with Crippen molar-refractivity contribution >= 4 is 29.5 Å². The number of halogens is 1. The second kappa shape index (κ2) is 12.0. The van der Waals surface area contributed by atoms with Gasteiger partial charge in [0.2, 0.25) is 0 Å². The molecule has 0 saturated carbocycles. The molecule has 1 aromatic rings. The quantitative estimate of drug-likeness (QED) is 0.410. The monoisotopic (exact) mass is 493 g/mol. The molecule has 0 fully saturated rings. The van der Waals surface area contributed by atoms with Crippen LogP contribution >= 0.6 is 11.6 Å². The van der Waals surface area contributed by atoms with Gasteiger partial charge in [0, 0.05) is 16.6 Å². The topological polar surface area (TPSA) is 100 Å². The van der Waals surface area contributed by atoms with Crippen molar-refractivity contribution in [3.05, 3.63) is 57.4 Å². The average molecular weight is 494 g/mol. The van der Waals surface area contributed by atoms with Crippen LogP contribution in [0.15, 0.2) is 46.8 Å². The summed E-state index contributed by atoms with van der Waals surface area (Å²) in [7, 11) is 1.28. The van der Waals surface area contributed by atoms with Crippen LogP contribution in [0.2, 0.25) is 5.02 Å². The Morgan fingerprint density at radius 2 is 1.76 bits per heavy atom. The molecule has 0 aliphatic carbocycles. The van der Waals surface area contributed by atoms with Crippen molar-refractivity contribution in [2.45, 2.75) is 46.6 Å². The van der Waals surface area contributed by atoms with E-state index in [1.807, 2.05) is 12.1 Å². The van der Waals surface area contributed by atoms with E-state index in [2.05, 4.69) is 5.32 Å². The minimum atomic E-state index is -0.701. The Balaban J connectivity index is 2.44. The molecular formula is C25H32ClNO7. The number of carbonyl (C=O) groups excluding carboxylic acids is 3. The van der Waals surface area contributed by atoms with E-state index in [9.17, 15) is 14.4 Å². The van der Waals surface area contributed by atoms with Gasteiger partial charge in [0.05, 0.1) is 37.2 Å². The molecule has 0 radical (unpaired) electrons. The molecular weight excluding hydrogens is 462 g/mol. The first kappa shape index (κ1) is 27.4. The van der Waals surface area contributed by atoms with Crippen molar-refractivity contribution in [1.82, 2.24) is 5.32 Å². The molecule has 1 aliphatic heterocycles. The fourth-order valence-corrected chi connectivity index (χ4v) is 3.88. The standard InChI is InChI=1S/C25H32ClNO7/c1-7-33-24(30)22-17(12-16-10-8-9-11-18(16)26)21(23(29)31-6)15(2)27-19(22)13-32-14-20(28)34-25(3,4)5/h8-11,17,27H,7,12-14H2,1-6H3. The first-order valence-electron chi connectivity index (χ1n) is 11.0. The van der Waals surface area contributed by atoms with Crippen LogP contribution in [0, 0.1) is 5.92 Å². The maximum absolute atomic E-state index is 13.1. The predicted octanol–water partition coefficient (Wildman–Crippen LogP) is 3.72. The largest absolute Gasteiger partial charge is 0.466 e. The summed E-state index contributed by atoms with van der Waals surface area (Å²) in [6.07, 6.45) is 0.257. The highest BCUT2D eigenvalue weighted by molar-refractivity contribution is 6.31. The van der Waals surface area contributed by atoms with E-state index in [0.29, 0.717) is 22.0 Å². The summed E-state index contributed by atoms with van der Waals surface area (Å²) in [5, 5.41) is 3.58. The Morgan fingerprint density at radius 1 is 1.09 bits per heavy atom. The van der Waals surface area contributed by atoms with E-state index in [1.54, 1.807) is 46.8 Å². The van der Waals surface area contributed by atoms with Gasteiger partial charge in [-0.25, -0.2) is 14.4 Å². The second-order valence-corrected chi connectivity index (χ2v) is 9.10. The van der Waals surface area contributed by atoms with E-state index in [-0.39, 0.29) is 31.8 Å². The zero-order chi connectivity index (χ0) is 25.5. The zero-order valence-electron chi connectivity index (χ0n) is 20.5. The normalized spacial score (nSPS) is 16.1. The minimum Gasteiger partial charge on any atom is -0.466 e. The SMILES string of the molecule is CCOC(=O)C1=C(COCC(=O)OC(C)(C)C)NC(C)=C(C(=O)OC)C1Cc1ccccc1Cl. The number of dihydropyridines is 1. The van der Waals surface area contributed by atoms with Crippen LogP contribution in [0.4, 0.5) is 0 Å². The third kappa shape index (κ3) is 7.33. The third-order valence-electron chi connectivity index (χ3n) is 4.93.